The largest absolute Gasteiger partial charge is 0.481 e. The van der Waals surface area contributed by atoms with E-state index in [9.17, 15) is 8.78 Å². The Labute approximate surface area is 121 Å². The Kier molecular flexibility index (Phi) is 5.91. The molecule has 5 heteroatoms. The minimum atomic E-state index is -2.48. The molecule has 1 aromatic heterocycles. The summed E-state index contributed by atoms with van der Waals surface area (Å²) in [6.45, 7) is 4.00. The summed E-state index contributed by atoms with van der Waals surface area (Å²) in [5.41, 5.74) is 0.789. The van der Waals surface area contributed by atoms with Crippen LogP contribution in [0.5, 0.6) is 5.88 Å². The van der Waals surface area contributed by atoms with Crippen molar-refractivity contribution in [2.45, 2.75) is 32.6 Å². The van der Waals surface area contributed by atoms with Gasteiger partial charge in [0.1, 0.15) is 0 Å². The number of hydrogen-bond donors (Lipinski definition) is 0. The van der Waals surface area contributed by atoms with Crippen molar-refractivity contribution in [1.82, 2.24) is 4.98 Å². The number of aromatic nitrogens is 1. The molecule has 0 aliphatic heterocycles. The monoisotopic (exact) mass is 333 g/mol. The maximum absolute atomic E-state index is 12.6. The van der Waals surface area contributed by atoms with Gasteiger partial charge in [-0.3, -0.25) is 0 Å². The minimum absolute atomic E-state index is 0.0475. The van der Waals surface area contributed by atoms with Crippen LogP contribution < -0.4 is 4.74 Å². The fraction of sp³-hybridized carbons (Fsp3) is 0.500. The van der Waals surface area contributed by atoms with Gasteiger partial charge in [-0.2, -0.15) is 0 Å². The first-order chi connectivity index (χ1) is 9.00. The van der Waals surface area contributed by atoms with E-state index in [4.69, 9.17) is 4.74 Å². The van der Waals surface area contributed by atoms with E-state index in [0.29, 0.717) is 5.88 Å². The first kappa shape index (κ1) is 16.1. The van der Waals surface area contributed by atoms with Gasteiger partial charge in [0.15, 0.2) is 0 Å². The van der Waals surface area contributed by atoms with Crippen LogP contribution in [-0.2, 0) is 0 Å². The predicted molar refractivity (Wildman–Crippen MR) is 76.5 cm³/mol. The summed E-state index contributed by atoms with van der Waals surface area (Å²) in [5.74, 6) is -2.03. The fourth-order valence-corrected chi connectivity index (χ4v) is 2.16. The quantitative estimate of drug-likeness (QED) is 0.781. The van der Waals surface area contributed by atoms with Gasteiger partial charge in [0, 0.05) is 29.1 Å². The zero-order chi connectivity index (χ0) is 14.5. The summed E-state index contributed by atoms with van der Waals surface area (Å²) in [6.07, 6.45) is 5.09. The summed E-state index contributed by atoms with van der Waals surface area (Å²) in [5, 5.41) is 0. The van der Waals surface area contributed by atoms with Crippen molar-refractivity contribution in [3.8, 4) is 5.88 Å². The average Bonchev–Trinajstić information content (AvgIpc) is 2.36. The van der Waals surface area contributed by atoms with Crippen LogP contribution >= 0.6 is 15.9 Å². The van der Waals surface area contributed by atoms with E-state index < -0.39 is 5.92 Å². The Morgan fingerprint density at radius 2 is 2.05 bits per heavy atom. The third kappa shape index (κ3) is 4.56. The topological polar surface area (TPSA) is 22.1 Å². The fourth-order valence-electron chi connectivity index (χ4n) is 1.82. The molecule has 0 amide bonds. The third-order valence-electron chi connectivity index (χ3n) is 2.71. The number of ether oxygens (including phenoxy) is 1. The number of pyridine rings is 1. The first-order valence-electron chi connectivity index (χ1n) is 6.26. The summed E-state index contributed by atoms with van der Waals surface area (Å²) in [4.78, 5) is 4.08. The van der Waals surface area contributed by atoms with Crippen molar-refractivity contribution < 1.29 is 13.5 Å². The van der Waals surface area contributed by atoms with Crippen molar-refractivity contribution in [2.75, 3.05) is 7.11 Å². The van der Waals surface area contributed by atoms with Crippen molar-refractivity contribution >= 4 is 22.0 Å². The van der Waals surface area contributed by atoms with Gasteiger partial charge in [-0.1, -0.05) is 26.0 Å². The van der Waals surface area contributed by atoms with Crippen LogP contribution in [-0.4, -0.2) is 18.0 Å². The van der Waals surface area contributed by atoms with Crippen LogP contribution in [0.25, 0.3) is 6.08 Å². The standard InChI is InChI=1S/C12H12BrF2NO.C2H6/c1-17-11-9(4-10(13)7-16-11)3-2-8-5-12(14,15)6-8;1-2/h2-4,7-8H,5-6H2,1H3;1-2H3/b3-2+;. The van der Waals surface area contributed by atoms with Crippen LogP contribution in [0.2, 0.25) is 0 Å². The Morgan fingerprint density at radius 3 is 2.58 bits per heavy atom. The number of rotatable bonds is 3. The molecule has 2 rings (SSSR count). The second-order valence-electron chi connectivity index (χ2n) is 4.14. The van der Waals surface area contributed by atoms with E-state index in [-0.39, 0.29) is 18.8 Å². The number of halogens is 3. The smallest absolute Gasteiger partial charge is 0.249 e. The molecule has 2 nitrogen and oxygen atoms in total. The van der Waals surface area contributed by atoms with Crippen molar-refractivity contribution in [3.63, 3.8) is 0 Å². The van der Waals surface area contributed by atoms with E-state index in [1.807, 2.05) is 19.9 Å². The molecule has 1 aromatic rings. The van der Waals surface area contributed by atoms with Crippen LogP contribution in [0.4, 0.5) is 8.78 Å². The Bertz CT molecular complexity index is 441. The van der Waals surface area contributed by atoms with Crippen molar-refractivity contribution in [1.29, 1.82) is 0 Å². The molecule has 0 bridgehead atoms. The van der Waals surface area contributed by atoms with E-state index in [2.05, 4.69) is 20.9 Å². The Morgan fingerprint density at radius 1 is 1.42 bits per heavy atom. The molecular weight excluding hydrogens is 316 g/mol. The van der Waals surface area contributed by atoms with Crippen LogP contribution in [0.15, 0.2) is 22.8 Å². The van der Waals surface area contributed by atoms with Gasteiger partial charge in [0.05, 0.1) is 7.11 Å². The van der Waals surface area contributed by atoms with E-state index in [1.54, 1.807) is 18.3 Å². The molecule has 0 saturated heterocycles. The van der Waals surface area contributed by atoms with Gasteiger partial charge in [0.2, 0.25) is 11.8 Å². The summed E-state index contributed by atoms with van der Waals surface area (Å²) < 4.78 is 31.2. The second kappa shape index (κ2) is 6.98. The summed E-state index contributed by atoms with van der Waals surface area (Å²) in [7, 11) is 1.53. The average molecular weight is 334 g/mol. The highest BCUT2D eigenvalue weighted by Gasteiger charge is 2.43. The highest BCUT2D eigenvalue weighted by Crippen LogP contribution is 2.43. The first-order valence-corrected chi connectivity index (χ1v) is 7.05. The van der Waals surface area contributed by atoms with Crippen molar-refractivity contribution in [3.05, 3.63) is 28.4 Å². The van der Waals surface area contributed by atoms with E-state index in [0.717, 1.165) is 10.0 Å². The molecule has 0 spiro atoms. The molecule has 0 atom stereocenters. The third-order valence-corrected chi connectivity index (χ3v) is 3.14. The predicted octanol–water partition coefficient (Wildman–Crippen LogP) is 4.94. The molecule has 1 aliphatic rings. The molecular formula is C14H18BrF2NO. The zero-order valence-electron chi connectivity index (χ0n) is 11.3. The van der Waals surface area contributed by atoms with Gasteiger partial charge in [0.25, 0.3) is 0 Å². The molecule has 1 fully saturated rings. The van der Waals surface area contributed by atoms with Gasteiger partial charge >= 0.3 is 0 Å². The highest BCUT2D eigenvalue weighted by atomic mass is 79.9. The summed E-state index contributed by atoms with van der Waals surface area (Å²) >= 11 is 3.31. The molecule has 1 aliphatic carbocycles. The molecule has 0 radical (unpaired) electrons. The second-order valence-corrected chi connectivity index (χ2v) is 5.05. The van der Waals surface area contributed by atoms with Gasteiger partial charge < -0.3 is 4.74 Å². The van der Waals surface area contributed by atoms with E-state index >= 15 is 0 Å². The van der Waals surface area contributed by atoms with Crippen LogP contribution in [0.1, 0.15) is 32.3 Å². The van der Waals surface area contributed by atoms with Gasteiger partial charge in [-0.25, -0.2) is 13.8 Å². The number of methoxy groups -OCH3 is 1. The summed E-state index contributed by atoms with van der Waals surface area (Å²) in [6, 6.07) is 1.85. The molecule has 0 aromatic carbocycles. The van der Waals surface area contributed by atoms with Crippen molar-refractivity contribution in [2.24, 2.45) is 5.92 Å². The number of allylic oxidation sites excluding steroid dienone is 1. The Balaban J connectivity index is 0.000000861. The number of nitrogens with zero attached hydrogens (tertiary/aromatic N) is 1. The molecule has 19 heavy (non-hydrogen) atoms. The number of hydrogen-bond acceptors (Lipinski definition) is 2. The highest BCUT2D eigenvalue weighted by molar-refractivity contribution is 9.10. The number of alkyl halides is 2. The lowest BCUT2D eigenvalue weighted by atomic mass is 9.81. The normalized spacial score (nSPS) is 17.6. The maximum atomic E-state index is 12.6. The lowest BCUT2D eigenvalue weighted by molar-refractivity contribution is -0.0960. The van der Waals surface area contributed by atoms with Crippen LogP contribution in [0, 0.1) is 5.92 Å². The zero-order valence-corrected chi connectivity index (χ0v) is 12.9. The molecule has 0 N–H and O–H groups in total. The molecule has 1 saturated carbocycles. The lowest BCUT2D eigenvalue weighted by Crippen LogP contribution is -2.33. The molecule has 106 valence electrons. The van der Waals surface area contributed by atoms with Gasteiger partial charge in [-0.05, 0) is 27.9 Å². The van der Waals surface area contributed by atoms with Gasteiger partial charge in [-0.15, -0.1) is 0 Å². The maximum Gasteiger partial charge on any atom is 0.249 e. The lowest BCUT2D eigenvalue weighted by Gasteiger charge is -2.32. The Hall–Kier alpha value is -0.970. The molecule has 1 heterocycles. The minimum Gasteiger partial charge on any atom is -0.481 e. The van der Waals surface area contributed by atoms with Crippen LogP contribution in [0.3, 0.4) is 0 Å². The van der Waals surface area contributed by atoms with E-state index in [1.165, 1.54) is 7.11 Å². The molecule has 0 unspecified atom stereocenters. The SMILES string of the molecule is CC.COc1ncc(Br)cc1/C=C/C1CC(F)(F)C1.